The minimum atomic E-state index is -4.56. The predicted octanol–water partition coefficient (Wildman–Crippen LogP) is 4.50. The fraction of sp³-hybridized carbons (Fsp3) is 0.524. The van der Waals surface area contributed by atoms with E-state index in [9.17, 15) is 18.0 Å². The molecular formula is C21H26F3N3O3. The zero-order chi connectivity index (χ0) is 22.1. The van der Waals surface area contributed by atoms with Crippen LogP contribution in [-0.4, -0.2) is 36.0 Å². The van der Waals surface area contributed by atoms with Crippen LogP contribution >= 0.6 is 0 Å². The van der Waals surface area contributed by atoms with Gasteiger partial charge in [0.25, 0.3) is 5.91 Å². The van der Waals surface area contributed by atoms with Crippen LogP contribution in [0.4, 0.5) is 19.0 Å². The van der Waals surface area contributed by atoms with Crippen molar-refractivity contribution in [2.45, 2.75) is 45.3 Å². The summed E-state index contributed by atoms with van der Waals surface area (Å²) in [5.41, 5.74) is -0.597. The molecule has 30 heavy (non-hydrogen) atoms. The Morgan fingerprint density at radius 2 is 2.03 bits per heavy atom. The molecule has 1 amide bonds. The number of hydrogen-bond acceptors (Lipinski definition) is 4. The number of aromatic nitrogens is 2. The first kappa shape index (κ1) is 22.1. The highest BCUT2D eigenvalue weighted by molar-refractivity contribution is 6.06. The molecule has 0 spiro atoms. The molecule has 1 fully saturated rings. The van der Waals surface area contributed by atoms with Crippen LogP contribution < -0.4 is 10.1 Å². The van der Waals surface area contributed by atoms with Crippen LogP contribution in [0.25, 0.3) is 0 Å². The summed E-state index contributed by atoms with van der Waals surface area (Å²) in [7, 11) is 1.31. The molecule has 1 aliphatic rings. The van der Waals surface area contributed by atoms with Gasteiger partial charge in [-0.3, -0.25) is 4.79 Å². The van der Waals surface area contributed by atoms with Gasteiger partial charge in [-0.25, -0.2) is 4.68 Å². The minimum absolute atomic E-state index is 0.0619. The van der Waals surface area contributed by atoms with E-state index in [-0.39, 0.29) is 22.6 Å². The summed E-state index contributed by atoms with van der Waals surface area (Å²) in [5, 5.41) is 7.35. The lowest BCUT2D eigenvalue weighted by atomic mass is 9.92. The minimum Gasteiger partial charge on any atom is -0.496 e. The number of alkyl halides is 3. The highest BCUT2D eigenvalue weighted by atomic mass is 19.4. The van der Waals surface area contributed by atoms with Gasteiger partial charge in [0, 0.05) is 30.6 Å². The molecule has 2 heterocycles. The molecule has 0 aliphatic carbocycles. The largest absolute Gasteiger partial charge is 0.496 e. The Morgan fingerprint density at radius 3 is 2.60 bits per heavy atom. The fourth-order valence-corrected chi connectivity index (χ4v) is 3.24. The number of hydrogen-bond donors (Lipinski definition) is 1. The SMILES string of the molecule is COc1ccc(C(F)(F)F)cc1C(=O)Nc1cc(C(C)(C)C)nn1CC1CCOC1. The lowest BCUT2D eigenvalue weighted by Crippen LogP contribution is -2.20. The van der Waals surface area contributed by atoms with E-state index in [4.69, 9.17) is 9.47 Å². The summed E-state index contributed by atoms with van der Waals surface area (Å²) < 4.78 is 51.6. The van der Waals surface area contributed by atoms with Crippen molar-refractivity contribution in [1.82, 2.24) is 9.78 Å². The Bertz CT molecular complexity index is 910. The standard InChI is InChI=1S/C21H26F3N3O3/c1-20(2,3)17-10-18(27(26-17)11-13-7-8-30-12-13)25-19(28)15-9-14(21(22,23)24)5-6-16(15)29-4/h5-6,9-10,13H,7-8,11-12H2,1-4H3,(H,25,28). The summed E-state index contributed by atoms with van der Waals surface area (Å²) >= 11 is 0. The van der Waals surface area contributed by atoms with Gasteiger partial charge in [-0.2, -0.15) is 18.3 Å². The molecule has 0 bridgehead atoms. The number of benzene rings is 1. The average Bonchev–Trinajstić information content (AvgIpc) is 3.31. The molecule has 164 valence electrons. The monoisotopic (exact) mass is 425 g/mol. The summed E-state index contributed by atoms with van der Waals surface area (Å²) in [6, 6.07) is 4.58. The van der Waals surface area contributed by atoms with Crippen molar-refractivity contribution in [3.05, 3.63) is 41.1 Å². The van der Waals surface area contributed by atoms with Crippen LogP contribution in [0.3, 0.4) is 0 Å². The van der Waals surface area contributed by atoms with E-state index in [1.807, 2.05) is 20.8 Å². The van der Waals surface area contributed by atoms with E-state index in [0.717, 1.165) is 30.3 Å². The molecule has 9 heteroatoms. The Balaban J connectivity index is 1.93. The van der Waals surface area contributed by atoms with E-state index >= 15 is 0 Å². The number of anilines is 1. The van der Waals surface area contributed by atoms with E-state index in [2.05, 4.69) is 10.4 Å². The molecule has 1 atom stereocenters. The summed E-state index contributed by atoms with van der Waals surface area (Å²) in [4.78, 5) is 12.9. The van der Waals surface area contributed by atoms with Crippen molar-refractivity contribution in [2.75, 3.05) is 25.6 Å². The zero-order valence-electron chi connectivity index (χ0n) is 17.5. The topological polar surface area (TPSA) is 65.4 Å². The van der Waals surface area contributed by atoms with E-state index in [1.165, 1.54) is 7.11 Å². The van der Waals surface area contributed by atoms with Gasteiger partial charge in [0.1, 0.15) is 11.6 Å². The van der Waals surface area contributed by atoms with Crippen molar-refractivity contribution in [1.29, 1.82) is 0 Å². The lowest BCUT2D eigenvalue weighted by Gasteiger charge is -2.15. The normalized spacial score (nSPS) is 17.2. The van der Waals surface area contributed by atoms with Gasteiger partial charge in [-0.05, 0) is 24.6 Å². The molecule has 1 saturated heterocycles. The first-order valence-electron chi connectivity index (χ1n) is 9.71. The number of nitrogens with zero attached hydrogens (tertiary/aromatic N) is 2. The van der Waals surface area contributed by atoms with Crippen molar-refractivity contribution in [2.24, 2.45) is 5.92 Å². The third-order valence-corrected chi connectivity index (χ3v) is 5.02. The van der Waals surface area contributed by atoms with Gasteiger partial charge in [0.15, 0.2) is 0 Å². The second-order valence-corrected chi connectivity index (χ2v) is 8.44. The van der Waals surface area contributed by atoms with Crippen LogP contribution in [-0.2, 0) is 22.9 Å². The summed E-state index contributed by atoms with van der Waals surface area (Å²) in [6.45, 7) is 7.84. The van der Waals surface area contributed by atoms with Crippen LogP contribution in [0.2, 0.25) is 0 Å². The van der Waals surface area contributed by atoms with Crippen LogP contribution in [0.15, 0.2) is 24.3 Å². The maximum atomic E-state index is 13.1. The number of nitrogens with one attached hydrogen (secondary N) is 1. The molecule has 1 aliphatic heterocycles. The maximum Gasteiger partial charge on any atom is 0.416 e. The Hall–Kier alpha value is -2.55. The molecule has 3 rings (SSSR count). The Morgan fingerprint density at radius 1 is 1.30 bits per heavy atom. The van der Waals surface area contributed by atoms with Crippen LogP contribution in [0.1, 0.15) is 48.8 Å². The van der Waals surface area contributed by atoms with Crippen molar-refractivity contribution >= 4 is 11.7 Å². The molecule has 1 aromatic carbocycles. The first-order chi connectivity index (χ1) is 14.0. The number of ether oxygens (including phenoxy) is 2. The summed E-state index contributed by atoms with van der Waals surface area (Å²) in [6.07, 6.45) is -3.68. The van der Waals surface area contributed by atoms with Gasteiger partial charge in [0.05, 0.1) is 30.5 Å². The highest BCUT2D eigenvalue weighted by Crippen LogP contribution is 2.33. The smallest absolute Gasteiger partial charge is 0.416 e. The van der Waals surface area contributed by atoms with Gasteiger partial charge in [0.2, 0.25) is 0 Å². The number of carbonyl (C=O) groups excluding carboxylic acids is 1. The molecule has 0 radical (unpaired) electrons. The third-order valence-electron chi connectivity index (χ3n) is 5.02. The second-order valence-electron chi connectivity index (χ2n) is 8.44. The van der Waals surface area contributed by atoms with Gasteiger partial charge >= 0.3 is 6.18 Å². The Kier molecular flexibility index (Phi) is 6.12. The fourth-order valence-electron chi connectivity index (χ4n) is 3.24. The van der Waals surface area contributed by atoms with Crippen molar-refractivity contribution in [3.63, 3.8) is 0 Å². The molecule has 1 N–H and O–H groups in total. The van der Waals surface area contributed by atoms with Gasteiger partial charge < -0.3 is 14.8 Å². The van der Waals surface area contributed by atoms with Crippen LogP contribution in [0, 0.1) is 5.92 Å². The third kappa shape index (κ3) is 4.95. The predicted molar refractivity (Wildman–Crippen MR) is 106 cm³/mol. The number of halogens is 3. The number of amides is 1. The Labute approximate surface area is 173 Å². The van der Waals surface area contributed by atoms with Crippen molar-refractivity contribution < 1.29 is 27.4 Å². The van der Waals surface area contributed by atoms with E-state index < -0.39 is 17.6 Å². The summed E-state index contributed by atoms with van der Waals surface area (Å²) in [5.74, 6) is 0.0572. The molecule has 1 unspecified atom stereocenters. The second kappa shape index (κ2) is 8.29. The molecule has 1 aromatic heterocycles. The molecule has 2 aromatic rings. The van der Waals surface area contributed by atoms with Crippen molar-refractivity contribution in [3.8, 4) is 5.75 Å². The maximum absolute atomic E-state index is 13.1. The first-order valence-corrected chi connectivity index (χ1v) is 9.71. The van der Waals surface area contributed by atoms with E-state index in [0.29, 0.717) is 25.6 Å². The molecule has 0 saturated carbocycles. The van der Waals surface area contributed by atoms with Crippen LogP contribution in [0.5, 0.6) is 5.75 Å². The molecule has 6 nitrogen and oxygen atoms in total. The van der Waals surface area contributed by atoms with Gasteiger partial charge in [-0.15, -0.1) is 0 Å². The highest BCUT2D eigenvalue weighted by Gasteiger charge is 2.32. The average molecular weight is 425 g/mol. The number of methoxy groups -OCH3 is 1. The number of carbonyl (C=O) groups is 1. The quantitative estimate of drug-likeness (QED) is 0.766. The van der Waals surface area contributed by atoms with E-state index in [1.54, 1.807) is 10.7 Å². The lowest BCUT2D eigenvalue weighted by molar-refractivity contribution is -0.137. The zero-order valence-corrected chi connectivity index (χ0v) is 17.5. The van der Waals surface area contributed by atoms with Gasteiger partial charge in [-0.1, -0.05) is 20.8 Å². The number of rotatable bonds is 5. The molecular weight excluding hydrogens is 399 g/mol.